The van der Waals surface area contributed by atoms with Gasteiger partial charge in [0.1, 0.15) is 0 Å². The first-order valence-electron chi connectivity index (χ1n) is 10.6. The molecule has 2 aromatic rings. The van der Waals surface area contributed by atoms with Gasteiger partial charge in [-0.05, 0) is 49.4 Å². The SMILES string of the molecule is C[C@@H]1CC[C@@H]2C(=O)N(N(Cc3ccc(Cl)cc3[N+](=O)[O-])C(=O)c3ccccc3Cl)C(=O)[C@H]2C1. The van der Waals surface area contributed by atoms with E-state index in [2.05, 4.69) is 0 Å². The second-order valence-corrected chi connectivity index (χ2v) is 9.34. The van der Waals surface area contributed by atoms with Crippen molar-refractivity contribution >= 4 is 46.6 Å². The van der Waals surface area contributed by atoms with Crippen LogP contribution in [0.15, 0.2) is 42.5 Å². The number of fused-ring (bicyclic) bond motifs is 1. The van der Waals surface area contributed by atoms with Gasteiger partial charge in [0.25, 0.3) is 23.4 Å². The molecule has 8 nitrogen and oxygen atoms in total. The molecule has 2 aromatic carbocycles. The van der Waals surface area contributed by atoms with E-state index in [1.54, 1.807) is 12.1 Å². The largest absolute Gasteiger partial charge is 0.275 e. The third-order valence-electron chi connectivity index (χ3n) is 6.31. The normalized spacial score (nSPS) is 22.3. The molecule has 2 fully saturated rings. The minimum atomic E-state index is -0.696. The standard InChI is InChI=1S/C23H21Cl2N3O5/c1-13-6-9-16-18(10-13)23(31)27(22(16)30)26(21(29)17-4-2-3-5-19(17)25)12-14-7-8-15(24)11-20(14)28(32)33/h2-5,7-8,11,13,16,18H,6,9-10,12H2,1H3/t13-,16+,18+/m1/s1. The number of carbonyl (C=O) groups excluding carboxylic acids is 3. The molecule has 4 rings (SSSR count). The summed E-state index contributed by atoms with van der Waals surface area (Å²) in [4.78, 5) is 51.2. The molecule has 0 radical (unpaired) electrons. The highest BCUT2D eigenvalue weighted by molar-refractivity contribution is 6.34. The quantitative estimate of drug-likeness (QED) is 0.338. The van der Waals surface area contributed by atoms with Crippen LogP contribution in [0.1, 0.15) is 42.1 Å². The Hall–Kier alpha value is -2.97. The fourth-order valence-corrected chi connectivity index (χ4v) is 5.00. The van der Waals surface area contributed by atoms with E-state index < -0.39 is 34.5 Å². The Morgan fingerprint density at radius 2 is 1.82 bits per heavy atom. The van der Waals surface area contributed by atoms with Crippen LogP contribution in [0.2, 0.25) is 10.0 Å². The molecule has 3 atom stereocenters. The molecule has 172 valence electrons. The number of halogens is 2. The number of nitro benzene ring substituents is 1. The molecule has 1 aliphatic heterocycles. The molecule has 2 aliphatic rings. The number of hydrogen-bond acceptors (Lipinski definition) is 5. The summed E-state index contributed by atoms with van der Waals surface area (Å²) in [5, 5.41) is 13.8. The van der Waals surface area contributed by atoms with Crippen LogP contribution in [-0.2, 0) is 16.1 Å². The van der Waals surface area contributed by atoms with Gasteiger partial charge in [-0.2, -0.15) is 5.01 Å². The lowest BCUT2D eigenvalue weighted by Crippen LogP contribution is -2.50. The number of rotatable bonds is 5. The van der Waals surface area contributed by atoms with Crippen LogP contribution in [0.3, 0.4) is 0 Å². The summed E-state index contributed by atoms with van der Waals surface area (Å²) in [5.41, 5.74) is -0.0992. The summed E-state index contributed by atoms with van der Waals surface area (Å²) in [7, 11) is 0. The molecule has 3 amide bonds. The van der Waals surface area contributed by atoms with Crippen LogP contribution in [0.4, 0.5) is 5.69 Å². The van der Waals surface area contributed by atoms with Crippen LogP contribution in [0.25, 0.3) is 0 Å². The summed E-state index contributed by atoms with van der Waals surface area (Å²) >= 11 is 12.2. The molecule has 0 bridgehead atoms. The van der Waals surface area contributed by atoms with E-state index in [4.69, 9.17) is 23.2 Å². The molecule has 1 saturated carbocycles. The highest BCUT2D eigenvalue weighted by Crippen LogP contribution is 2.42. The molecule has 0 aromatic heterocycles. The van der Waals surface area contributed by atoms with Gasteiger partial charge in [-0.15, -0.1) is 0 Å². The van der Waals surface area contributed by atoms with Crippen LogP contribution >= 0.6 is 23.2 Å². The summed E-state index contributed by atoms with van der Waals surface area (Å²) < 4.78 is 0. The maximum Gasteiger partial charge on any atom is 0.275 e. The van der Waals surface area contributed by atoms with Crippen LogP contribution in [-0.4, -0.2) is 32.7 Å². The highest BCUT2D eigenvalue weighted by atomic mass is 35.5. The van der Waals surface area contributed by atoms with Crippen LogP contribution < -0.4 is 0 Å². The highest BCUT2D eigenvalue weighted by Gasteiger charge is 2.52. The lowest BCUT2D eigenvalue weighted by molar-refractivity contribution is -0.385. The van der Waals surface area contributed by atoms with Crippen LogP contribution in [0.5, 0.6) is 0 Å². The van der Waals surface area contributed by atoms with Gasteiger partial charge in [0.2, 0.25) is 0 Å². The first-order valence-corrected chi connectivity index (χ1v) is 11.3. The topological polar surface area (TPSA) is 101 Å². The smallest absolute Gasteiger partial charge is 0.272 e. The third kappa shape index (κ3) is 4.32. The Morgan fingerprint density at radius 3 is 2.52 bits per heavy atom. The Morgan fingerprint density at radius 1 is 1.12 bits per heavy atom. The van der Waals surface area contributed by atoms with Crippen molar-refractivity contribution in [2.45, 2.75) is 32.7 Å². The average molecular weight is 490 g/mol. The van der Waals surface area contributed by atoms with Gasteiger partial charge in [0, 0.05) is 11.1 Å². The molecule has 10 heteroatoms. The maximum absolute atomic E-state index is 13.6. The van der Waals surface area contributed by atoms with E-state index in [0.717, 1.165) is 16.4 Å². The lowest BCUT2D eigenvalue weighted by atomic mass is 9.76. The molecule has 0 spiro atoms. The Balaban J connectivity index is 1.78. The van der Waals surface area contributed by atoms with E-state index >= 15 is 0 Å². The van der Waals surface area contributed by atoms with Crippen molar-refractivity contribution in [1.29, 1.82) is 0 Å². The minimum Gasteiger partial charge on any atom is -0.272 e. The summed E-state index contributed by atoms with van der Waals surface area (Å²) in [5.74, 6) is -2.35. The molecular weight excluding hydrogens is 469 g/mol. The Kier molecular flexibility index (Phi) is 6.41. The van der Waals surface area contributed by atoms with E-state index in [9.17, 15) is 24.5 Å². The third-order valence-corrected chi connectivity index (χ3v) is 6.87. The van der Waals surface area contributed by atoms with E-state index in [0.29, 0.717) is 12.8 Å². The summed E-state index contributed by atoms with van der Waals surface area (Å²) in [6.45, 7) is 1.66. The predicted molar refractivity (Wildman–Crippen MR) is 121 cm³/mol. The lowest BCUT2D eigenvalue weighted by Gasteiger charge is -2.30. The number of amides is 3. The average Bonchev–Trinajstić information content (AvgIpc) is 3.02. The molecular formula is C23H21Cl2N3O5. The number of imide groups is 1. The van der Waals surface area contributed by atoms with Crippen molar-refractivity contribution in [2.75, 3.05) is 0 Å². The Bertz CT molecular complexity index is 1150. The van der Waals surface area contributed by atoms with Gasteiger partial charge in [0.05, 0.1) is 39.5 Å². The number of nitrogens with zero attached hydrogens (tertiary/aromatic N) is 3. The minimum absolute atomic E-state index is 0.0830. The first kappa shape index (κ1) is 23.2. The van der Waals surface area contributed by atoms with Crippen molar-refractivity contribution in [3.8, 4) is 0 Å². The molecule has 0 unspecified atom stereocenters. The fraction of sp³-hybridized carbons (Fsp3) is 0.348. The monoisotopic (exact) mass is 489 g/mol. The maximum atomic E-state index is 13.6. The van der Waals surface area contributed by atoms with E-state index in [-0.39, 0.29) is 39.3 Å². The van der Waals surface area contributed by atoms with Gasteiger partial charge in [-0.25, -0.2) is 5.01 Å². The summed E-state index contributed by atoms with van der Waals surface area (Å²) in [6, 6.07) is 10.3. The first-order chi connectivity index (χ1) is 15.7. The molecule has 33 heavy (non-hydrogen) atoms. The van der Waals surface area contributed by atoms with E-state index in [1.165, 1.54) is 30.3 Å². The second-order valence-electron chi connectivity index (χ2n) is 8.49. The number of nitro groups is 1. The fourth-order valence-electron chi connectivity index (χ4n) is 4.62. The van der Waals surface area contributed by atoms with Gasteiger partial charge in [-0.3, -0.25) is 24.5 Å². The second kappa shape index (κ2) is 9.11. The van der Waals surface area contributed by atoms with E-state index in [1.807, 2.05) is 6.92 Å². The van der Waals surface area contributed by atoms with Crippen molar-refractivity contribution in [1.82, 2.24) is 10.0 Å². The van der Waals surface area contributed by atoms with Crippen molar-refractivity contribution in [3.05, 3.63) is 73.8 Å². The van der Waals surface area contributed by atoms with Gasteiger partial charge in [-0.1, -0.05) is 42.3 Å². The number of benzene rings is 2. The van der Waals surface area contributed by atoms with Gasteiger partial charge < -0.3 is 0 Å². The van der Waals surface area contributed by atoms with Crippen LogP contribution in [0, 0.1) is 27.9 Å². The Labute approximate surface area is 200 Å². The zero-order valence-corrected chi connectivity index (χ0v) is 19.3. The number of hydrazine groups is 1. The zero-order chi connectivity index (χ0) is 23.9. The van der Waals surface area contributed by atoms with Gasteiger partial charge in [0.15, 0.2) is 0 Å². The number of hydrogen-bond donors (Lipinski definition) is 0. The predicted octanol–water partition coefficient (Wildman–Crippen LogP) is 4.88. The molecule has 1 aliphatic carbocycles. The molecule has 1 saturated heterocycles. The van der Waals surface area contributed by atoms with Gasteiger partial charge >= 0.3 is 0 Å². The van der Waals surface area contributed by atoms with Crippen molar-refractivity contribution < 1.29 is 19.3 Å². The molecule has 1 heterocycles. The molecule has 0 N–H and O–H groups in total. The van der Waals surface area contributed by atoms with Crippen molar-refractivity contribution in [3.63, 3.8) is 0 Å². The zero-order valence-electron chi connectivity index (χ0n) is 17.7. The summed E-state index contributed by atoms with van der Waals surface area (Å²) in [6.07, 6.45) is 1.93. The van der Waals surface area contributed by atoms with Crippen molar-refractivity contribution in [2.24, 2.45) is 17.8 Å². The number of carbonyl (C=O) groups is 3.